The predicted molar refractivity (Wildman–Crippen MR) is 84.3 cm³/mol. The molecule has 2 aliphatic heterocycles. The van der Waals surface area contributed by atoms with Crippen LogP contribution in [0.1, 0.15) is 15.9 Å². The standard InChI is InChI=1S/C17H14ClNO4/c18-12-2-4-14-13(8-12)17(20)19(10-23-14)9-11-1-3-15-16(7-11)22-6-5-21-15/h1-4,7-8H,5-6,9-10H2. The molecule has 0 aromatic heterocycles. The van der Waals surface area contributed by atoms with Crippen molar-refractivity contribution in [1.29, 1.82) is 0 Å². The number of benzene rings is 2. The number of hydrogen-bond acceptors (Lipinski definition) is 4. The molecule has 0 saturated carbocycles. The SMILES string of the molecule is O=C1c2cc(Cl)ccc2OCN1Cc1ccc2c(c1)OCCO2. The lowest BCUT2D eigenvalue weighted by Gasteiger charge is -2.29. The normalized spacial score (nSPS) is 15.9. The van der Waals surface area contributed by atoms with Crippen molar-refractivity contribution < 1.29 is 19.0 Å². The third-order valence-electron chi connectivity index (χ3n) is 3.82. The van der Waals surface area contributed by atoms with E-state index in [9.17, 15) is 4.79 Å². The summed E-state index contributed by atoms with van der Waals surface area (Å²) in [5, 5.41) is 0.516. The van der Waals surface area contributed by atoms with Crippen molar-refractivity contribution in [1.82, 2.24) is 4.90 Å². The molecule has 23 heavy (non-hydrogen) atoms. The maximum absolute atomic E-state index is 12.6. The Morgan fingerprint density at radius 2 is 1.74 bits per heavy atom. The van der Waals surface area contributed by atoms with Gasteiger partial charge in [0.05, 0.1) is 5.56 Å². The molecule has 1 amide bonds. The minimum atomic E-state index is -0.0939. The summed E-state index contributed by atoms with van der Waals surface area (Å²) in [7, 11) is 0. The highest BCUT2D eigenvalue weighted by Gasteiger charge is 2.26. The molecule has 6 heteroatoms. The van der Waals surface area contributed by atoms with Crippen LogP contribution in [-0.4, -0.2) is 30.8 Å². The lowest BCUT2D eigenvalue weighted by molar-refractivity contribution is 0.0498. The van der Waals surface area contributed by atoms with Crippen molar-refractivity contribution >= 4 is 17.5 Å². The topological polar surface area (TPSA) is 48.0 Å². The molecule has 4 rings (SSSR count). The fourth-order valence-electron chi connectivity index (χ4n) is 2.70. The summed E-state index contributed by atoms with van der Waals surface area (Å²) >= 11 is 5.97. The molecule has 2 aliphatic rings. The minimum Gasteiger partial charge on any atom is -0.486 e. The van der Waals surface area contributed by atoms with E-state index in [1.54, 1.807) is 23.1 Å². The second-order valence-electron chi connectivity index (χ2n) is 5.40. The Labute approximate surface area is 138 Å². The number of halogens is 1. The van der Waals surface area contributed by atoms with Gasteiger partial charge in [-0.1, -0.05) is 17.7 Å². The number of amides is 1. The molecule has 0 atom stereocenters. The Balaban J connectivity index is 1.57. The highest BCUT2D eigenvalue weighted by molar-refractivity contribution is 6.31. The first-order valence-electron chi connectivity index (χ1n) is 7.31. The van der Waals surface area contributed by atoms with Gasteiger partial charge in [0, 0.05) is 11.6 Å². The number of nitrogens with zero attached hydrogens (tertiary/aromatic N) is 1. The summed E-state index contributed by atoms with van der Waals surface area (Å²) in [5.41, 5.74) is 1.44. The van der Waals surface area contributed by atoms with E-state index in [1.807, 2.05) is 18.2 Å². The number of hydrogen-bond donors (Lipinski definition) is 0. The number of carbonyl (C=O) groups excluding carboxylic acids is 1. The zero-order valence-electron chi connectivity index (χ0n) is 12.3. The first kappa shape index (κ1) is 14.2. The monoisotopic (exact) mass is 331 g/mol. The van der Waals surface area contributed by atoms with E-state index in [0.29, 0.717) is 41.8 Å². The Kier molecular flexibility index (Phi) is 3.50. The molecule has 0 unspecified atom stereocenters. The maximum atomic E-state index is 12.6. The lowest BCUT2D eigenvalue weighted by atomic mass is 10.1. The van der Waals surface area contributed by atoms with E-state index >= 15 is 0 Å². The molecule has 0 radical (unpaired) electrons. The van der Waals surface area contributed by atoms with Gasteiger partial charge < -0.3 is 19.1 Å². The van der Waals surface area contributed by atoms with E-state index in [4.69, 9.17) is 25.8 Å². The van der Waals surface area contributed by atoms with Gasteiger partial charge >= 0.3 is 0 Å². The molecule has 2 heterocycles. The third kappa shape index (κ3) is 2.68. The summed E-state index contributed by atoms with van der Waals surface area (Å²) in [6.45, 7) is 1.74. The quantitative estimate of drug-likeness (QED) is 0.848. The lowest BCUT2D eigenvalue weighted by Crippen LogP contribution is -2.38. The molecule has 2 aromatic rings. The molecule has 0 bridgehead atoms. The number of ether oxygens (including phenoxy) is 3. The first-order chi connectivity index (χ1) is 11.2. The molecule has 0 saturated heterocycles. The van der Waals surface area contributed by atoms with E-state index in [2.05, 4.69) is 0 Å². The zero-order valence-corrected chi connectivity index (χ0v) is 13.0. The Hall–Kier alpha value is -2.40. The average Bonchev–Trinajstić information content (AvgIpc) is 2.58. The van der Waals surface area contributed by atoms with E-state index < -0.39 is 0 Å². The average molecular weight is 332 g/mol. The number of fused-ring (bicyclic) bond motifs is 2. The van der Waals surface area contributed by atoms with E-state index in [-0.39, 0.29) is 12.6 Å². The van der Waals surface area contributed by atoms with Gasteiger partial charge in [-0.3, -0.25) is 4.79 Å². The molecular formula is C17H14ClNO4. The minimum absolute atomic E-state index is 0.0939. The molecule has 5 nitrogen and oxygen atoms in total. The van der Waals surface area contributed by atoms with Crippen LogP contribution in [0.4, 0.5) is 0 Å². The fraction of sp³-hybridized carbons (Fsp3) is 0.235. The summed E-state index contributed by atoms with van der Waals surface area (Å²) in [4.78, 5) is 14.2. The number of rotatable bonds is 2. The summed E-state index contributed by atoms with van der Waals surface area (Å²) in [6.07, 6.45) is 0. The van der Waals surface area contributed by atoms with Crippen LogP contribution in [0.2, 0.25) is 5.02 Å². The third-order valence-corrected chi connectivity index (χ3v) is 4.05. The summed E-state index contributed by atoms with van der Waals surface area (Å²) in [5.74, 6) is 1.92. The van der Waals surface area contributed by atoms with Crippen LogP contribution < -0.4 is 14.2 Å². The van der Waals surface area contributed by atoms with Crippen LogP contribution in [0.3, 0.4) is 0 Å². The molecule has 0 N–H and O–H groups in total. The first-order valence-corrected chi connectivity index (χ1v) is 7.69. The van der Waals surface area contributed by atoms with Crippen LogP contribution in [-0.2, 0) is 6.54 Å². The van der Waals surface area contributed by atoms with Gasteiger partial charge in [0.1, 0.15) is 19.0 Å². The summed E-state index contributed by atoms with van der Waals surface area (Å²) in [6, 6.07) is 10.8. The number of carbonyl (C=O) groups is 1. The van der Waals surface area contributed by atoms with Crippen molar-refractivity contribution in [2.75, 3.05) is 19.9 Å². The van der Waals surface area contributed by atoms with Crippen molar-refractivity contribution in [2.45, 2.75) is 6.54 Å². The fourth-order valence-corrected chi connectivity index (χ4v) is 2.87. The van der Waals surface area contributed by atoms with Crippen LogP contribution in [0.25, 0.3) is 0 Å². The van der Waals surface area contributed by atoms with Crippen LogP contribution >= 0.6 is 11.6 Å². The molecule has 2 aromatic carbocycles. The Morgan fingerprint density at radius 1 is 0.957 bits per heavy atom. The smallest absolute Gasteiger partial charge is 0.260 e. The molecule has 0 spiro atoms. The highest BCUT2D eigenvalue weighted by atomic mass is 35.5. The largest absolute Gasteiger partial charge is 0.486 e. The second-order valence-corrected chi connectivity index (χ2v) is 5.83. The van der Waals surface area contributed by atoms with Gasteiger partial charge in [0.15, 0.2) is 18.2 Å². The van der Waals surface area contributed by atoms with Crippen molar-refractivity contribution in [3.63, 3.8) is 0 Å². The second kappa shape index (κ2) is 5.66. The molecule has 0 aliphatic carbocycles. The van der Waals surface area contributed by atoms with Gasteiger partial charge in [0.25, 0.3) is 5.91 Å². The van der Waals surface area contributed by atoms with Crippen molar-refractivity contribution in [3.05, 3.63) is 52.5 Å². The van der Waals surface area contributed by atoms with Crippen LogP contribution in [0.15, 0.2) is 36.4 Å². The van der Waals surface area contributed by atoms with Gasteiger partial charge in [-0.05, 0) is 35.9 Å². The highest BCUT2D eigenvalue weighted by Crippen LogP contribution is 2.32. The van der Waals surface area contributed by atoms with Gasteiger partial charge in [-0.25, -0.2) is 0 Å². The van der Waals surface area contributed by atoms with E-state index in [0.717, 1.165) is 11.3 Å². The Morgan fingerprint density at radius 3 is 2.61 bits per heavy atom. The van der Waals surface area contributed by atoms with E-state index in [1.165, 1.54) is 0 Å². The van der Waals surface area contributed by atoms with Crippen molar-refractivity contribution in [3.8, 4) is 17.2 Å². The predicted octanol–water partition coefficient (Wildman–Crippen LogP) is 3.10. The van der Waals surface area contributed by atoms with Crippen molar-refractivity contribution in [2.24, 2.45) is 0 Å². The maximum Gasteiger partial charge on any atom is 0.260 e. The van der Waals surface area contributed by atoms with Gasteiger partial charge in [-0.2, -0.15) is 0 Å². The molecule has 0 fully saturated rings. The molecule has 118 valence electrons. The van der Waals surface area contributed by atoms with Crippen LogP contribution in [0.5, 0.6) is 17.2 Å². The van der Waals surface area contributed by atoms with Gasteiger partial charge in [-0.15, -0.1) is 0 Å². The van der Waals surface area contributed by atoms with Gasteiger partial charge in [0.2, 0.25) is 0 Å². The Bertz CT molecular complexity index is 777. The van der Waals surface area contributed by atoms with Crippen LogP contribution in [0, 0.1) is 0 Å². The zero-order chi connectivity index (χ0) is 15.8. The summed E-state index contributed by atoms with van der Waals surface area (Å²) < 4.78 is 16.7. The molecular weight excluding hydrogens is 318 g/mol.